The van der Waals surface area contributed by atoms with E-state index in [-0.39, 0.29) is 31.1 Å². The summed E-state index contributed by atoms with van der Waals surface area (Å²) < 4.78 is 37.6. The van der Waals surface area contributed by atoms with Crippen molar-refractivity contribution in [3.63, 3.8) is 0 Å². The maximum absolute atomic E-state index is 13.0. The molecular weight excluding hydrogens is 414 g/mol. The molecule has 1 N–H and O–H groups in total. The predicted octanol–water partition coefficient (Wildman–Crippen LogP) is 5.42. The summed E-state index contributed by atoms with van der Waals surface area (Å²) in [7, 11) is 0. The zero-order chi connectivity index (χ0) is 22.7. The van der Waals surface area contributed by atoms with Gasteiger partial charge in [0.2, 0.25) is 5.91 Å². The molecule has 7 heteroatoms. The van der Waals surface area contributed by atoms with E-state index in [4.69, 9.17) is 9.47 Å². The van der Waals surface area contributed by atoms with Crippen LogP contribution < -0.4 is 14.8 Å². The van der Waals surface area contributed by atoms with Crippen LogP contribution in [0.15, 0.2) is 42.6 Å². The van der Waals surface area contributed by atoms with E-state index in [1.807, 2.05) is 43.3 Å². The van der Waals surface area contributed by atoms with Crippen LogP contribution in [0, 0.1) is 5.92 Å². The molecule has 2 fully saturated rings. The molecule has 1 aromatic carbocycles. The molecule has 0 saturated heterocycles. The quantitative estimate of drug-likeness (QED) is 0.591. The number of amides is 1. The van der Waals surface area contributed by atoms with Crippen LogP contribution in [0.5, 0.6) is 11.5 Å². The zero-order valence-electron chi connectivity index (χ0n) is 18.5. The Morgan fingerprint density at radius 1 is 1.19 bits per heavy atom. The number of carbonyl (C=O) groups is 1. The smallest absolute Gasteiger partial charge is 0.255 e. The number of nitrogens with zero attached hydrogens (tertiary/aromatic N) is 1. The molecule has 1 amide bonds. The number of halogens is 2. The maximum atomic E-state index is 13.0. The average molecular weight is 445 g/mol. The fourth-order valence-corrected chi connectivity index (χ4v) is 4.30. The predicted molar refractivity (Wildman–Crippen MR) is 117 cm³/mol. The van der Waals surface area contributed by atoms with Crippen LogP contribution in [0.4, 0.5) is 8.78 Å². The number of rotatable bonds is 8. The third kappa shape index (κ3) is 5.75. The van der Waals surface area contributed by atoms with Gasteiger partial charge in [-0.2, -0.15) is 0 Å². The van der Waals surface area contributed by atoms with Crippen molar-refractivity contribution in [2.75, 3.05) is 6.61 Å². The van der Waals surface area contributed by atoms with Crippen LogP contribution in [0.1, 0.15) is 69.2 Å². The van der Waals surface area contributed by atoms with Gasteiger partial charge >= 0.3 is 0 Å². The number of ether oxygens (including phenoxy) is 2. The maximum Gasteiger partial charge on any atom is 0.255 e. The Bertz CT molecular complexity index is 918. The molecule has 4 rings (SSSR count). The molecule has 32 heavy (non-hydrogen) atoms. The van der Waals surface area contributed by atoms with E-state index in [0.29, 0.717) is 11.7 Å². The number of aromatic nitrogens is 1. The monoisotopic (exact) mass is 444 g/mol. The third-order valence-electron chi connectivity index (χ3n) is 6.31. The van der Waals surface area contributed by atoms with Gasteiger partial charge in [-0.05, 0) is 62.4 Å². The molecule has 0 radical (unpaired) electrons. The van der Waals surface area contributed by atoms with Gasteiger partial charge in [0, 0.05) is 25.0 Å². The van der Waals surface area contributed by atoms with Crippen LogP contribution >= 0.6 is 0 Å². The molecule has 172 valence electrons. The first-order valence-corrected chi connectivity index (χ1v) is 11.3. The van der Waals surface area contributed by atoms with E-state index in [0.717, 1.165) is 42.7 Å². The normalized spacial score (nSPS) is 24.9. The van der Waals surface area contributed by atoms with Gasteiger partial charge in [-0.25, -0.2) is 8.78 Å². The summed E-state index contributed by atoms with van der Waals surface area (Å²) in [6.45, 7) is 3.50. The Hall–Kier alpha value is -2.70. The lowest BCUT2D eigenvalue weighted by molar-refractivity contribution is -0.119. The van der Waals surface area contributed by atoms with Crippen LogP contribution in [0.25, 0.3) is 0 Å². The highest BCUT2D eigenvalue weighted by molar-refractivity contribution is 5.73. The molecule has 1 aromatic heterocycles. The summed E-state index contributed by atoms with van der Waals surface area (Å²) in [6, 6.07) is 11.6. The van der Waals surface area contributed by atoms with Crippen molar-refractivity contribution in [2.45, 2.75) is 69.9 Å². The number of hydrogen-bond donors (Lipinski definition) is 1. The SMILES string of the molecule is CC(=O)N[C@@H](C)c1ccc(O[C@@H]2CCCC(c3ccc(OC[C@H]4CC4(F)F)cn3)C2)cc1. The van der Waals surface area contributed by atoms with E-state index in [1.165, 1.54) is 6.92 Å². The van der Waals surface area contributed by atoms with Gasteiger partial charge in [-0.1, -0.05) is 12.1 Å². The Kier molecular flexibility index (Phi) is 6.63. The highest BCUT2D eigenvalue weighted by Gasteiger charge is 2.57. The fraction of sp³-hybridized carbons (Fsp3) is 0.520. The van der Waals surface area contributed by atoms with Crippen LogP contribution in [0.2, 0.25) is 0 Å². The van der Waals surface area contributed by atoms with Crippen molar-refractivity contribution in [2.24, 2.45) is 5.92 Å². The standard InChI is InChI=1S/C25H30F2N2O3/c1-16(29-17(2)30)18-6-8-21(9-7-18)32-22-5-3-4-19(12-22)24-11-10-23(14-28-24)31-15-20-13-25(20,26)27/h6-11,14,16,19-20,22H,3-5,12-13,15H2,1-2H3,(H,29,30)/t16-,19?,20+,22+/m0/s1. The Labute approximate surface area is 187 Å². The number of nitrogens with one attached hydrogen (secondary N) is 1. The molecule has 0 bridgehead atoms. The number of alkyl halides is 2. The average Bonchev–Trinajstić information content (AvgIpc) is 3.39. The van der Waals surface area contributed by atoms with Gasteiger partial charge in [0.1, 0.15) is 11.5 Å². The largest absolute Gasteiger partial charge is 0.491 e. The van der Waals surface area contributed by atoms with Crippen molar-refractivity contribution >= 4 is 5.91 Å². The lowest BCUT2D eigenvalue weighted by Gasteiger charge is -2.29. The first-order valence-electron chi connectivity index (χ1n) is 11.3. The van der Waals surface area contributed by atoms with Gasteiger partial charge in [0.25, 0.3) is 5.92 Å². The van der Waals surface area contributed by atoms with Crippen molar-refractivity contribution in [3.05, 3.63) is 53.9 Å². The molecule has 4 atom stereocenters. The molecule has 2 aliphatic carbocycles. The lowest BCUT2D eigenvalue weighted by Crippen LogP contribution is -2.25. The lowest BCUT2D eigenvalue weighted by atomic mass is 9.85. The first-order chi connectivity index (χ1) is 15.3. The minimum Gasteiger partial charge on any atom is -0.491 e. The second kappa shape index (κ2) is 9.43. The van der Waals surface area contributed by atoms with Crippen molar-refractivity contribution in [1.82, 2.24) is 10.3 Å². The summed E-state index contributed by atoms with van der Waals surface area (Å²) in [4.78, 5) is 15.8. The third-order valence-corrected chi connectivity index (χ3v) is 6.31. The molecule has 0 aliphatic heterocycles. The van der Waals surface area contributed by atoms with Gasteiger partial charge in [-0.15, -0.1) is 0 Å². The molecule has 0 spiro atoms. The van der Waals surface area contributed by atoms with Crippen LogP contribution in [0.3, 0.4) is 0 Å². The van der Waals surface area contributed by atoms with E-state index in [2.05, 4.69) is 10.3 Å². The Balaban J connectivity index is 1.29. The topological polar surface area (TPSA) is 60.5 Å². The van der Waals surface area contributed by atoms with Crippen molar-refractivity contribution in [1.29, 1.82) is 0 Å². The highest BCUT2D eigenvalue weighted by Crippen LogP contribution is 2.48. The minimum absolute atomic E-state index is 0.0375. The van der Waals surface area contributed by atoms with Gasteiger partial charge in [0.15, 0.2) is 0 Å². The van der Waals surface area contributed by atoms with Gasteiger partial charge in [-0.3, -0.25) is 9.78 Å². The van der Waals surface area contributed by atoms with Crippen LogP contribution in [-0.2, 0) is 4.79 Å². The number of pyridine rings is 1. The zero-order valence-corrected chi connectivity index (χ0v) is 18.5. The van der Waals surface area contributed by atoms with E-state index in [1.54, 1.807) is 6.20 Å². The highest BCUT2D eigenvalue weighted by atomic mass is 19.3. The van der Waals surface area contributed by atoms with Gasteiger partial charge in [0.05, 0.1) is 30.9 Å². The van der Waals surface area contributed by atoms with Gasteiger partial charge < -0.3 is 14.8 Å². The molecule has 2 aliphatic rings. The molecule has 2 aromatic rings. The number of benzene rings is 1. The summed E-state index contributed by atoms with van der Waals surface area (Å²) >= 11 is 0. The molecule has 1 unspecified atom stereocenters. The fourth-order valence-electron chi connectivity index (χ4n) is 4.30. The summed E-state index contributed by atoms with van der Waals surface area (Å²) in [5.74, 6) is -1.62. The Morgan fingerprint density at radius 2 is 1.91 bits per heavy atom. The second-order valence-corrected chi connectivity index (χ2v) is 8.99. The summed E-state index contributed by atoms with van der Waals surface area (Å²) in [5, 5.41) is 2.88. The first kappa shape index (κ1) is 22.5. The minimum atomic E-state index is -2.56. The number of hydrogen-bond acceptors (Lipinski definition) is 4. The van der Waals surface area contributed by atoms with Crippen LogP contribution in [-0.4, -0.2) is 29.5 Å². The van der Waals surface area contributed by atoms with Crippen molar-refractivity contribution < 1.29 is 23.0 Å². The number of carbonyl (C=O) groups excluding carboxylic acids is 1. The molecule has 1 heterocycles. The summed E-state index contributed by atoms with van der Waals surface area (Å²) in [6.07, 6.45) is 5.65. The molecule has 2 saturated carbocycles. The summed E-state index contributed by atoms with van der Waals surface area (Å²) in [5.41, 5.74) is 2.02. The molecular formula is C25H30F2N2O3. The van der Waals surface area contributed by atoms with E-state index in [9.17, 15) is 13.6 Å². The van der Waals surface area contributed by atoms with E-state index < -0.39 is 11.8 Å². The van der Waals surface area contributed by atoms with Crippen molar-refractivity contribution in [3.8, 4) is 11.5 Å². The Morgan fingerprint density at radius 3 is 2.53 bits per heavy atom. The second-order valence-electron chi connectivity index (χ2n) is 8.99. The van der Waals surface area contributed by atoms with E-state index >= 15 is 0 Å². The molecule has 5 nitrogen and oxygen atoms in total.